The van der Waals surface area contributed by atoms with E-state index in [1.807, 2.05) is 43.3 Å². The minimum atomic E-state index is -4.12. The van der Waals surface area contributed by atoms with E-state index in [2.05, 4.69) is 5.32 Å². The second-order valence-electron chi connectivity index (χ2n) is 5.01. The van der Waals surface area contributed by atoms with Crippen LogP contribution in [0.25, 0.3) is 10.8 Å². The fraction of sp³-hybridized carbons (Fsp3) is 0.375. The summed E-state index contributed by atoms with van der Waals surface area (Å²) in [5.74, 6) is 0. The predicted octanol–water partition coefficient (Wildman–Crippen LogP) is 4.75. The lowest BCUT2D eigenvalue weighted by Crippen LogP contribution is -2.20. The molecule has 1 unspecified atom stereocenters. The van der Waals surface area contributed by atoms with Gasteiger partial charge in [0.1, 0.15) is 0 Å². The van der Waals surface area contributed by atoms with Crippen molar-refractivity contribution in [2.75, 3.05) is 7.05 Å². The highest BCUT2D eigenvalue weighted by atomic mass is 19.4. The highest BCUT2D eigenvalue weighted by Crippen LogP contribution is 2.33. The summed E-state index contributed by atoms with van der Waals surface area (Å²) in [6.45, 7) is 1.94. The monoisotopic (exact) mass is 281 g/mol. The molecule has 0 spiro atoms. The summed E-state index contributed by atoms with van der Waals surface area (Å²) in [5, 5.41) is 5.10. The zero-order valence-electron chi connectivity index (χ0n) is 11.6. The van der Waals surface area contributed by atoms with Crippen molar-refractivity contribution in [3.8, 4) is 0 Å². The molecule has 0 saturated heterocycles. The first kappa shape index (κ1) is 14.9. The molecule has 0 amide bonds. The van der Waals surface area contributed by atoms with Gasteiger partial charge in [0.05, 0.1) is 0 Å². The Labute approximate surface area is 116 Å². The van der Waals surface area contributed by atoms with E-state index in [-0.39, 0.29) is 12.5 Å². The third kappa shape index (κ3) is 3.31. The van der Waals surface area contributed by atoms with Gasteiger partial charge in [0.15, 0.2) is 0 Å². The maximum absolute atomic E-state index is 12.5. The van der Waals surface area contributed by atoms with Crippen molar-refractivity contribution < 1.29 is 13.2 Å². The smallest absolute Gasteiger partial charge is 0.313 e. The van der Waals surface area contributed by atoms with Gasteiger partial charge in [-0.15, -0.1) is 0 Å². The van der Waals surface area contributed by atoms with Gasteiger partial charge in [0.2, 0.25) is 0 Å². The third-order valence-electron chi connectivity index (χ3n) is 3.60. The van der Waals surface area contributed by atoms with Gasteiger partial charge in [-0.1, -0.05) is 36.4 Å². The largest absolute Gasteiger partial charge is 0.389 e. The van der Waals surface area contributed by atoms with Crippen LogP contribution < -0.4 is 5.32 Å². The van der Waals surface area contributed by atoms with Crippen molar-refractivity contribution in [2.45, 2.75) is 32.0 Å². The number of fused-ring (bicyclic) bond motifs is 1. The van der Waals surface area contributed by atoms with Crippen LogP contribution in [0.15, 0.2) is 36.4 Å². The van der Waals surface area contributed by atoms with Crippen LogP contribution in [0.5, 0.6) is 0 Å². The molecule has 0 heterocycles. The van der Waals surface area contributed by atoms with Gasteiger partial charge in [-0.2, -0.15) is 13.2 Å². The molecule has 108 valence electrons. The van der Waals surface area contributed by atoms with Gasteiger partial charge in [0.25, 0.3) is 0 Å². The second-order valence-corrected chi connectivity index (χ2v) is 5.01. The van der Waals surface area contributed by atoms with Crippen molar-refractivity contribution in [1.29, 1.82) is 0 Å². The normalized spacial score (nSPS) is 13.7. The standard InChI is InChI=1S/C16H18F3N/c1-11-7-8-12-5-3-4-6-13(12)15(11)14(20-2)9-10-16(17,18)19/h3-8,14,20H,9-10H2,1-2H3. The van der Waals surface area contributed by atoms with Crippen molar-refractivity contribution in [3.05, 3.63) is 47.5 Å². The molecule has 0 aliphatic rings. The van der Waals surface area contributed by atoms with Crippen LogP contribution in [-0.2, 0) is 0 Å². The van der Waals surface area contributed by atoms with E-state index >= 15 is 0 Å². The third-order valence-corrected chi connectivity index (χ3v) is 3.60. The van der Waals surface area contributed by atoms with Crippen molar-refractivity contribution in [1.82, 2.24) is 5.32 Å². The Bertz CT molecular complexity index is 590. The molecule has 1 N–H and O–H groups in total. The van der Waals surface area contributed by atoms with E-state index in [1.54, 1.807) is 7.05 Å². The molecule has 0 fully saturated rings. The lowest BCUT2D eigenvalue weighted by atomic mass is 9.92. The van der Waals surface area contributed by atoms with E-state index in [0.29, 0.717) is 0 Å². The molecule has 0 aliphatic heterocycles. The summed E-state index contributed by atoms with van der Waals surface area (Å²) in [7, 11) is 1.71. The second kappa shape index (κ2) is 5.83. The number of benzene rings is 2. The molecule has 0 aromatic heterocycles. The van der Waals surface area contributed by atoms with Crippen molar-refractivity contribution >= 4 is 10.8 Å². The first-order valence-electron chi connectivity index (χ1n) is 6.64. The van der Waals surface area contributed by atoms with E-state index in [1.165, 1.54) is 0 Å². The van der Waals surface area contributed by atoms with Crippen LogP contribution in [0.4, 0.5) is 13.2 Å². The summed E-state index contributed by atoms with van der Waals surface area (Å²) >= 11 is 0. The zero-order valence-corrected chi connectivity index (χ0v) is 11.6. The maximum Gasteiger partial charge on any atom is 0.389 e. The highest BCUT2D eigenvalue weighted by Gasteiger charge is 2.29. The van der Waals surface area contributed by atoms with Crippen LogP contribution in [-0.4, -0.2) is 13.2 Å². The van der Waals surface area contributed by atoms with Gasteiger partial charge >= 0.3 is 6.18 Å². The molecule has 0 saturated carbocycles. The summed E-state index contributed by atoms with van der Waals surface area (Å²) in [6, 6.07) is 11.5. The number of hydrogen-bond donors (Lipinski definition) is 1. The van der Waals surface area contributed by atoms with Crippen LogP contribution in [0.2, 0.25) is 0 Å². The lowest BCUT2D eigenvalue weighted by Gasteiger charge is -2.21. The predicted molar refractivity (Wildman–Crippen MR) is 75.8 cm³/mol. The molecule has 0 bridgehead atoms. The molecule has 20 heavy (non-hydrogen) atoms. The van der Waals surface area contributed by atoms with Crippen LogP contribution in [0.1, 0.15) is 30.0 Å². The molecule has 0 radical (unpaired) electrons. The number of halogens is 3. The Balaban J connectivity index is 2.40. The topological polar surface area (TPSA) is 12.0 Å². The Morgan fingerprint density at radius 1 is 1.10 bits per heavy atom. The quantitative estimate of drug-likeness (QED) is 0.852. The number of aryl methyl sites for hydroxylation is 1. The minimum Gasteiger partial charge on any atom is -0.313 e. The summed E-state index contributed by atoms with van der Waals surface area (Å²) in [6.07, 6.45) is -4.84. The summed E-state index contributed by atoms with van der Waals surface area (Å²) < 4.78 is 37.4. The number of hydrogen-bond acceptors (Lipinski definition) is 1. The van der Waals surface area contributed by atoms with Gasteiger partial charge in [-0.05, 0) is 42.3 Å². The van der Waals surface area contributed by atoms with Gasteiger partial charge in [0, 0.05) is 12.5 Å². The van der Waals surface area contributed by atoms with Crippen LogP contribution >= 0.6 is 0 Å². The molecule has 1 atom stereocenters. The molecule has 2 aromatic carbocycles. The minimum absolute atomic E-state index is 0.0504. The molecular weight excluding hydrogens is 263 g/mol. The van der Waals surface area contributed by atoms with Gasteiger partial charge < -0.3 is 5.32 Å². The number of alkyl halides is 3. The fourth-order valence-electron chi connectivity index (χ4n) is 2.61. The SMILES string of the molecule is CNC(CCC(F)(F)F)c1c(C)ccc2ccccc12. The molecule has 0 aliphatic carbocycles. The first-order chi connectivity index (χ1) is 9.42. The van der Waals surface area contributed by atoms with Gasteiger partial charge in [-0.25, -0.2) is 0 Å². The first-order valence-corrected chi connectivity index (χ1v) is 6.64. The zero-order chi connectivity index (χ0) is 14.8. The van der Waals surface area contributed by atoms with E-state index < -0.39 is 12.6 Å². The molecular formula is C16H18F3N. The lowest BCUT2D eigenvalue weighted by molar-refractivity contribution is -0.136. The number of nitrogens with one attached hydrogen (secondary N) is 1. The van der Waals surface area contributed by atoms with Crippen molar-refractivity contribution in [3.63, 3.8) is 0 Å². The fourth-order valence-corrected chi connectivity index (χ4v) is 2.61. The molecule has 2 aromatic rings. The van der Waals surface area contributed by atoms with Crippen molar-refractivity contribution in [2.24, 2.45) is 0 Å². The van der Waals surface area contributed by atoms with Gasteiger partial charge in [-0.3, -0.25) is 0 Å². The van der Waals surface area contributed by atoms with E-state index in [4.69, 9.17) is 0 Å². The Morgan fingerprint density at radius 3 is 2.45 bits per heavy atom. The molecule has 1 nitrogen and oxygen atoms in total. The Kier molecular flexibility index (Phi) is 4.33. The Morgan fingerprint density at radius 2 is 1.80 bits per heavy atom. The molecule has 4 heteroatoms. The summed E-state index contributed by atoms with van der Waals surface area (Å²) in [4.78, 5) is 0. The number of rotatable bonds is 4. The summed E-state index contributed by atoms with van der Waals surface area (Å²) in [5.41, 5.74) is 1.99. The van der Waals surface area contributed by atoms with Crippen LogP contribution in [0, 0.1) is 6.92 Å². The Hall–Kier alpha value is -1.55. The van der Waals surface area contributed by atoms with E-state index in [9.17, 15) is 13.2 Å². The van der Waals surface area contributed by atoms with Crippen LogP contribution in [0.3, 0.4) is 0 Å². The average Bonchev–Trinajstić information content (AvgIpc) is 2.40. The highest BCUT2D eigenvalue weighted by molar-refractivity contribution is 5.87. The molecule has 2 rings (SSSR count). The maximum atomic E-state index is 12.5. The average molecular weight is 281 g/mol. The van der Waals surface area contributed by atoms with E-state index in [0.717, 1.165) is 21.9 Å².